The molecule has 3 heteroatoms. The normalized spacial score (nSPS) is 11.7. The number of fused-ring (bicyclic) bond motifs is 3. The first kappa shape index (κ1) is 22.5. The van der Waals surface area contributed by atoms with Crippen molar-refractivity contribution in [3.05, 3.63) is 158 Å². The Morgan fingerprint density at radius 2 is 1.03 bits per heavy atom. The maximum Gasteiger partial charge on any atom is 0.181 e. The van der Waals surface area contributed by atoms with Crippen LogP contribution in [0.3, 0.4) is 0 Å². The second-order valence-corrected chi connectivity index (χ2v) is 13.5. The molecule has 0 saturated heterocycles. The summed E-state index contributed by atoms with van der Waals surface area (Å²) in [5, 5.41) is 7.88. The van der Waals surface area contributed by atoms with Gasteiger partial charge in [0, 0.05) is 28.9 Å². The third-order valence-electron chi connectivity index (χ3n) is 7.63. The summed E-state index contributed by atoms with van der Waals surface area (Å²) < 4.78 is 2.38. The lowest BCUT2D eigenvalue weighted by atomic mass is 10.1. The third kappa shape index (κ3) is 3.44. The van der Waals surface area contributed by atoms with Crippen molar-refractivity contribution in [1.29, 1.82) is 0 Å². The van der Waals surface area contributed by atoms with E-state index in [0.717, 1.165) is 0 Å². The first-order chi connectivity index (χ1) is 18.9. The van der Waals surface area contributed by atoms with E-state index in [9.17, 15) is 0 Å². The Kier molecular flexibility index (Phi) is 5.49. The topological polar surface area (TPSA) is 17.8 Å². The van der Waals surface area contributed by atoms with Gasteiger partial charge in [-0.05, 0) is 51.1 Å². The minimum absolute atomic E-state index is 1.17. The number of nitrogens with zero attached hydrogens (tertiary/aromatic N) is 2. The fourth-order valence-electron chi connectivity index (χ4n) is 6.02. The summed E-state index contributed by atoms with van der Waals surface area (Å²) in [6.07, 6.45) is 3.94. The molecule has 0 saturated carbocycles. The van der Waals surface area contributed by atoms with Gasteiger partial charge in [0.05, 0.1) is 11.0 Å². The molecule has 0 fully saturated rings. The van der Waals surface area contributed by atoms with Crippen LogP contribution in [-0.4, -0.2) is 17.6 Å². The van der Waals surface area contributed by atoms with Crippen molar-refractivity contribution in [1.82, 2.24) is 9.55 Å². The summed E-state index contributed by atoms with van der Waals surface area (Å²) >= 11 is 0. The molecule has 7 rings (SSSR count). The highest BCUT2D eigenvalue weighted by molar-refractivity contribution is 7.19. The molecule has 0 unspecified atom stereocenters. The monoisotopic (exact) mass is 502 g/mol. The zero-order chi connectivity index (χ0) is 25.4. The minimum atomic E-state index is -2.65. The van der Waals surface area contributed by atoms with Gasteiger partial charge in [-0.3, -0.25) is 4.98 Å². The highest BCUT2D eigenvalue weighted by Crippen LogP contribution is 2.31. The summed E-state index contributed by atoms with van der Waals surface area (Å²) in [5.41, 5.74) is 3.61. The van der Waals surface area contributed by atoms with E-state index in [4.69, 9.17) is 0 Å². The van der Waals surface area contributed by atoms with Gasteiger partial charge < -0.3 is 4.57 Å². The van der Waals surface area contributed by atoms with Gasteiger partial charge in [-0.25, -0.2) is 0 Å². The zero-order valence-electron chi connectivity index (χ0n) is 20.9. The molecule has 0 aliphatic carbocycles. The quantitative estimate of drug-likeness (QED) is 0.223. The molecule has 0 N–H and O–H groups in total. The summed E-state index contributed by atoms with van der Waals surface area (Å²) in [7, 11) is -2.65. The van der Waals surface area contributed by atoms with Gasteiger partial charge >= 0.3 is 0 Å². The highest BCUT2D eigenvalue weighted by atomic mass is 28.3. The predicted molar refractivity (Wildman–Crippen MR) is 162 cm³/mol. The van der Waals surface area contributed by atoms with Crippen LogP contribution in [0.15, 0.2) is 158 Å². The minimum Gasteiger partial charge on any atom is -0.309 e. The lowest BCUT2D eigenvalue weighted by molar-refractivity contribution is 1.18. The second kappa shape index (κ2) is 9.29. The van der Waals surface area contributed by atoms with E-state index >= 15 is 0 Å². The van der Waals surface area contributed by atoms with Gasteiger partial charge in [-0.1, -0.05) is 115 Å². The first-order valence-corrected chi connectivity index (χ1v) is 15.0. The van der Waals surface area contributed by atoms with Gasteiger partial charge in [0.15, 0.2) is 8.07 Å². The first-order valence-electron chi connectivity index (χ1n) is 13.0. The molecule has 0 bridgehead atoms. The summed E-state index contributed by atoms with van der Waals surface area (Å²) in [6.45, 7) is 0. The molecule has 0 amide bonds. The van der Waals surface area contributed by atoms with Gasteiger partial charge in [0.2, 0.25) is 0 Å². The number of para-hydroxylation sites is 2. The van der Waals surface area contributed by atoms with E-state index in [2.05, 4.69) is 161 Å². The lowest BCUT2D eigenvalue weighted by Gasteiger charge is -2.34. The second-order valence-electron chi connectivity index (χ2n) is 9.64. The van der Waals surface area contributed by atoms with Crippen molar-refractivity contribution in [3.8, 4) is 5.69 Å². The molecule has 0 radical (unpaired) electrons. The Hall–Kier alpha value is -4.73. The number of hydrogen-bond acceptors (Lipinski definition) is 1. The van der Waals surface area contributed by atoms with E-state index in [1.54, 1.807) is 0 Å². The number of pyridine rings is 1. The molecule has 2 aromatic heterocycles. The Bertz CT molecular complexity index is 1750. The number of aromatic nitrogens is 2. The molecule has 2 heterocycles. The van der Waals surface area contributed by atoms with Crippen LogP contribution in [0.1, 0.15) is 0 Å². The zero-order valence-corrected chi connectivity index (χ0v) is 21.9. The Labute approximate surface area is 223 Å². The van der Waals surface area contributed by atoms with Gasteiger partial charge in [0.1, 0.15) is 0 Å². The van der Waals surface area contributed by atoms with Crippen LogP contribution in [0, 0.1) is 0 Å². The van der Waals surface area contributed by atoms with Crippen molar-refractivity contribution < 1.29 is 0 Å². The van der Waals surface area contributed by atoms with Gasteiger partial charge in [0.25, 0.3) is 0 Å². The number of hydrogen-bond donors (Lipinski definition) is 0. The maximum absolute atomic E-state index is 4.61. The van der Waals surface area contributed by atoms with Gasteiger partial charge in [-0.15, -0.1) is 0 Å². The van der Waals surface area contributed by atoms with Crippen molar-refractivity contribution in [2.75, 3.05) is 0 Å². The molecule has 0 spiro atoms. The van der Waals surface area contributed by atoms with Gasteiger partial charge in [-0.2, -0.15) is 0 Å². The van der Waals surface area contributed by atoms with Crippen LogP contribution in [0.4, 0.5) is 0 Å². The van der Waals surface area contributed by atoms with Crippen molar-refractivity contribution in [2.45, 2.75) is 0 Å². The molecule has 7 aromatic rings. The lowest BCUT2D eigenvalue weighted by Crippen LogP contribution is -2.74. The molecular formula is C35H26N2Si. The molecule has 180 valence electrons. The smallest absolute Gasteiger partial charge is 0.181 e. The molecule has 38 heavy (non-hydrogen) atoms. The van der Waals surface area contributed by atoms with E-state index in [0.29, 0.717) is 0 Å². The van der Waals surface area contributed by atoms with Crippen LogP contribution < -0.4 is 20.7 Å². The number of rotatable bonds is 5. The fourth-order valence-corrected chi connectivity index (χ4v) is 10.7. The van der Waals surface area contributed by atoms with Crippen molar-refractivity contribution >= 4 is 50.6 Å². The average Bonchev–Trinajstić information content (AvgIpc) is 3.34. The van der Waals surface area contributed by atoms with Crippen LogP contribution in [0.2, 0.25) is 0 Å². The summed E-state index contributed by atoms with van der Waals surface area (Å²) in [5.74, 6) is 0. The standard InChI is InChI=1S/C35H26N2Si/c1-4-13-27(14-5-1)37-34-21-11-10-20-32(34)33-25-30(22-23-35(33)37)38(28-15-6-2-7-16-28,29-17-8-3-9-18-29)31-19-12-24-36-26-31/h1-26H. The fraction of sp³-hybridized carbons (Fsp3) is 0. The van der Waals surface area contributed by atoms with E-state index < -0.39 is 8.07 Å². The number of benzene rings is 5. The maximum atomic E-state index is 4.61. The molecule has 0 aliphatic heterocycles. The molecular weight excluding hydrogens is 476 g/mol. The Morgan fingerprint density at radius 3 is 1.68 bits per heavy atom. The van der Waals surface area contributed by atoms with Crippen molar-refractivity contribution in [2.24, 2.45) is 0 Å². The molecule has 0 aliphatic rings. The molecule has 0 atom stereocenters. The van der Waals surface area contributed by atoms with Crippen LogP contribution in [0.5, 0.6) is 0 Å². The molecule has 2 nitrogen and oxygen atoms in total. The highest BCUT2D eigenvalue weighted by Gasteiger charge is 2.41. The summed E-state index contributed by atoms with van der Waals surface area (Å²) in [4.78, 5) is 4.61. The van der Waals surface area contributed by atoms with Crippen LogP contribution in [0.25, 0.3) is 27.5 Å². The Morgan fingerprint density at radius 1 is 0.447 bits per heavy atom. The van der Waals surface area contributed by atoms with E-state index in [-0.39, 0.29) is 0 Å². The van der Waals surface area contributed by atoms with Crippen LogP contribution >= 0.6 is 0 Å². The summed E-state index contributed by atoms with van der Waals surface area (Å²) in [6, 6.07) is 52.9. The van der Waals surface area contributed by atoms with Crippen LogP contribution in [-0.2, 0) is 0 Å². The van der Waals surface area contributed by atoms with Crippen molar-refractivity contribution in [3.63, 3.8) is 0 Å². The van der Waals surface area contributed by atoms with E-state index in [1.165, 1.54) is 48.2 Å². The average molecular weight is 503 g/mol. The molecule has 5 aromatic carbocycles. The van der Waals surface area contributed by atoms with E-state index in [1.807, 2.05) is 6.20 Å². The largest absolute Gasteiger partial charge is 0.309 e. The third-order valence-corrected chi connectivity index (χ3v) is 12.4. The SMILES string of the molecule is c1ccc(-n2c3ccccc3c3cc([Si](c4ccccc4)(c4ccccc4)c4cccnc4)ccc32)cc1. The predicted octanol–water partition coefficient (Wildman–Crippen LogP) is 5.56. The Balaban J connectivity index is 1.61.